The van der Waals surface area contributed by atoms with E-state index in [-0.39, 0.29) is 0 Å². The monoisotopic (exact) mass is 496 g/mol. The van der Waals surface area contributed by atoms with Crippen molar-refractivity contribution in [2.75, 3.05) is 0 Å². The third-order valence-corrected chi connectivity index (χ3v) is 10.2. The van der Waals surface area contributed by atoms with Gasteiger partial charge in [0.05, 0.1) is 0 Å². The molecule has 0 saturated heterocycles. The van der Waals surface area contributed by atoms with Gasteiger partial charge in [0, 0.05) is 5.56 Å². The molecule has 1 aromatic rings. The number of aryl methyl sites for hydroxylation is 1. The quantitative estimate of drug-likeness (QED) is 0.283. The number of rotatable bonds is 10. The second-order valence-corrected chi connectivity index (χ2v) is 12.4. The first-order chi connectivity index (χ1) is 17.6. The van der Waals surface area contributed by atoms with Gasteiger partial charge in [-0.2, -0.15) is 0 Å². The van der Waals surface area contributed by atoms with Crippen LogP contribution in [0.1, 0.15) is 121 Å². The molecule has 0 aromatic heterocycles. The predicted molar refractivity (Wildman–Crippen MR) is 150 cm³/mol. The van der Waals surface area contributed by atoms with E-state index in [1.807, 2.05) is 6.08 Å². The topological polar surface area (TPSA) is 0 Å². The van der Waals surface area contributed by atoms with Crippen molar-refractivity contribution in [3.8, 4) is 0 Å². The maximum Gasteiger partial charge on any atom is 0.166 e. The van der Waals surface area contributed by atoms with Gasteiger partial charge >= 0.3 is 0 Å². The number of halogens is 2. The van der Waals surface area contributed by atoms with Gasteiger partial charge < -0.3 is 0 Å². The van der Waals surface area contributed by atoms with E-state index in [1.54, 1.807) is 12.1 Å². The molecule has 0 atom stereocenters. The molecule has 0 amide bonds. The van der Waals surface area contributed by atoms with Crippen LogP contribution in [0.5, 0.6) is 0 Å². The Morgan fingerprint density at radius 3 is 1.89 bits per heavy atom. The van der Waals surface area contributed by atoms with Crippen molar-refractivity contribution in [1.82, 2.24) is 0 Å². The van der Waals surface area contributed by atoms with Crippen molar-refractivity contribution in [1.29, 1.82) is 0 Å². The van der Waals surface area contributed by atoms with Crippen molar-refractivity contribution >= 4 is 6.08 Å². The standard InChI is InChI=1S/C34H50F2/c1-3-5-7-25-9-14-27(15-10-25)29-19-21-30(22-20-29)28-16-11-26(12-17-28)13-18-32-24-23-31(8-6-4-2)33(35)34(32)36/h3,13,18,23-30H,1,4-12,14-17,19-22H2,2H3/b18-13+. The number of benzene rings is 1. The van der Waals surface area contributed by atoms with Crippen LogP contribution in [0.25, 0.3) is 6.08 Å². The zero-order chi connectivity index (χ0) is 25.3. The van der Waals surface area contributed by atoms with Gasteiger partial charge in [0.2, 0.25) is 0 Å². The van der Waals surface area contributed by atoms with E-state index in [9.17, 15) is 8.78 Å². The molecule has 0 radical (unpaired) electrons. The SMILES string of the molecule is C=CCCC1CCC(C2CCC(C3CCC(/C=C/c4ccc(CCCC)c(F)c4F)CC3)CC2)CC1. The van der Waals surface area contributed by atoms with Crippen LogP contribution in [0.4, 0.5) is 8.78 Å². The van der Waals surface area contributed by atoms with Crippen LogP contribution in [0.15, 0.2) is 30.9 Å². The summed E-state index contributed by atoms with van der Waals surface area (Å²) in [6, 6.07) is 3.54. The first kappa shape index (κ1) is 27.6. The molecule has 0 N–H and O–H groups in total. The second-order valence-electron chi connectivity index (χ2n) is 12.4. The van der Waals surface area contributed by atoms with Crippen LogP contribution in [-0.2, 0) is 6.42 Å². The lowest BCUT2D eigenvalue weighted by Crippen LogP contribution is -2.29. The summed E-state index contributed by atoms with van der Waals surface area (Å²) >= 11 is 0. The van der Waals surface area contributed by atoms with Crippen molar-refractivity contribution in [3.05, 3.63) is 53.6 Å². The Morgan fingerprint density at radius 1 is 0.778 bits per heavy atom. The van der Waals surface area contributed by atoms with Crippen molar-refractivity contribution < 1.29 is 8.78 Å². The Morgan fingerprint density at radius 2 is 1.33 bits per heavy atom. The highest BCUT2D eigenvalue weighted by Gasteiger charge is 2.34. The van der Waals surface area contributed by atoms with Crippen LogP contribution in [-0.4, -0.2) is 0 Å². The number of hydrogen-bond donors (Lipinski definition) is 0. The minimum Gasteiger partial charge on any atom is -0.203 e. The molecule has 0 spiro atoms. The summed E-state index contributed by atoms with van der Waals surface area (Å²) in [4.78, 5) is 0. The maximum absolute atomic E-state index is 14.6. The molecule has 3 fully saturated rings. The lowest BCUT2D eigenvalue weighted by atomic mass is 9.65. The minimum atomic E-state index is -0.671. The average Bonchev–Trinajstić information content (AvgIpc) is 2.93. The van der Waals surface area contributed by atoms with Crippen molar-refractivity contribution in [2.24, 2.45) is 35.5 Å². The Hall–Kier alpha value is -1.44. The Bertz CT molecular complexity index is 831. The fourth-order valence-corrected chi connectivity index (χ4v) is 7.73. The summed E-state index contributed by atoms with van der Waals surface area (Å²) < 4.78 is 29.0. The van der Waals surface area contributed by atoms with Crippen LogP contribution >= 0.6 is 0 Å². The molecule has 0 bridgehead atoms. The zero-order valence-electron chi connectivity index (χ0n) is 22.8. The Labute approximate surface area is 220 Å². The molecule has 3 aliphatic carbocycles. The van der Waals surface area contributed by atoms with Gasteiger partial charge in [0.1, 0.15) is 0 Å². The first-order valence-corrected chi connectivity index (χ1v) is 15.3. The molecule has 0 nitrogen and oxygen atoms in total. The van der Waals surface area contributed by atoms with E-state index >= 15 is 0 Å². The smallest absolute Gasteiger partial charge is 0.166 e. The number of unbranched alkanes of at least 4 members (excludes halogenated alkanes) is 1. The normalized spacial score (nSPS) is 31.5. The molecule has 0 heterocycles. The summed E-state index contributed by atoms with van der Waals surface area (Å²) in [5.74, 6) is 3.95. The van der Waals surface area contributed by atoms with Crippen LogP contribution < -0.4 is 0 Å². The highest BCUT2D eigenvalue weighted by Crippen LogP contribution is 2.46. The largest absolute Gasteiger partial charge is 0.203 e. The van der Waals surface area contributed by atoms with E-state index in [4.69, 9.17) is 0 Å². The van der Waals surface area contributed by atoms with Gasteiger partial charge in [-0.15, -0.1) is 6.58 Å². The van der Waals surface area contributed by atoms with Crippen molar-refractivity contribution in [2.45, 2.75) is 116 Å². The highest BCUT2D eigenvalue weighted by molar-refractivity contribution is 5.51. The Balaban J connectivity index is 1.18. The molecule has 2 heteroatoms. The van der Waals surface area contributed by atoms with Gasteiger partial charge in [-0.05, 0) is 131 Å². The molecule has 200 valence electrons. The molecule has 0 unspecified atom stereocenters. The van der Waals surface area contributed by atoms with E-state index < -0.39 is 11.6 Å². The minimum absolute atomic E-state index is 0.405. The Kier molecular flexibility index (Phi) is 10.7. The number of hydrogen-bond acceptors (Lipinski definition) is 0. The first-order valence-electron chi connectivity index (χ1n) is 15.3. The molecule has 4 rings (SSSR count). The fraction of sp³-hybridized carbons (Fsp3) is 0.706. The zero-order valence-corrected chi connectivity index (χ0v) is 22.8. The lowest BCUT2D eigenvalue weighted by molar-refractivity contribution is 0.107. The molecule has 3 saturated carbocycles. The van der Waals surface area contributed by atoms with Gasteiger partial charge in [0.25, 0.3) is 0 Å². The molecular formula is C34H50F2. The predicted octanol–water partition coefficient (Wildman–Crippen LogP) is 10.7. The molecule has 0 aliphatic heterocycles. The maximum atomic E-state index is 14.6. The van der Waals surface area contributed by atoms with Gasteiger partial charge in [-0.1, -0.05) is 56.5 Å². The van der Waals surface area contributed by atoms with Crippen LogP contribution in [0.2, 0.25) is 0 Å². The molecular weight excluding hydrogens is 446 g/mol. The average molecular weight is 497 g/mol. The molecule has 3 aliphatic rings. The number of allylic oxidation sites excluding steroid dienone is 2. The highest BCUT2D eigenvalue weighted by atomic mass is 19.2. The second kappa shape index (κ2) is 13.9. The van der Waals surface area contributed by atoms with Gasteiger partial charge in [0.15, 0.2) is 11.6 Å². The van der Waals surface area contributed by atoms with Gasteiger partial charge in [-0.25, -0.2) is 8.78 Å². The summed E-state index contributed by atoms with van der Waals surface area (Å²) in [7, 11) is 0. The molecule has 1 aromatic carbocycles. The molecule has 36 heavy (non-hydrogen) atoms. The third kappa shape index (κ3) is 7.32. The van der Waals surface area contributed by atoms with E-state index in [0.717, 1.165) is 42.4 Å². The third-order valence-electron chi connectivity index (χ3n) is 10.2. The lowest BCUT2D eigenvalue weighted by Gasteiger charge is -2.41. The van der Waals surface area contributed by atoms with Crippen LogP contribution in [0.3, 0.4) is 0 Å². The summed E-state index contributed by atoms with van der Waals surface area (Å²) in [5, 5.41) is 0. The van der Waals surface area contributed by atoms with Gasteiger partial charge in [-0.3, -0.25) is 0 Å². The fourth-order valence-electron chi connectivity index (χ4n) is 7.73. The summed E-state index contributed by atoms with van der Waals surface area (Å²) in [6.45, 7) is 5.96. The van der Waals surface area contributed by atoms with E-state index in [2.05, 4.69) is 25.7 Å². The van der Waals surface area contributed by atoms with E-state index in [0.29, 0.717) is 23.5 Å². The van der Waals surface area contributed by atoms with E-state index in [1.165, 1.54) is 89.9 Å². The van der Waals surface area contributed by atoms with Crippen molar-refractivity contribution in [3.63, 3.8) is 0 Å². The summed E-state index contributed by atoms with van der Waals surface area (Å²) in [5.41, 5.74) is 0.917. The summed E-state index contributed by atoms with van der Waals surface area (Å²) in [6.07, 6.45) is 27.8. The van der Waals surface area contributed by atoms with Crippen LogP contribution in [0, 0.1) is 47.1 Å².